The van der Waals surface area contributed by atoms with Crippen molar-refractivity contribution >= 4 is 34.6 Å². The summed E-state index contributed by atoms with van der Waals surface area (Å²) >= 11 is 6.17. The van der Waals surface area contributed by atoms with Crippen molar-refractivity contribution in [1.29, 1.82) is 0 Å². The van der Waals surface area contributed by atoms with Gasteiger partial charge in [0, 0.05) is 43.0 Å². The van der Waals surface area contributed by atoms with Gasteiger partial charge in [0.2, 0.25) is 0 Å². The first-order chi connectivity index (χ1) is 18.4. The van der Waals surface area contributed by atoms with E-state index in [1.807, 2.05) is 13.0 Å². The molecule has 6 nitrogen and oxygen atoms in total. The Morgan fingerprint density at radius 2 is 1.74 bits per heavy atom. The van der Waals surface area contributed by atoms with Crippen molar-refractivity contribution in [2.45, 2.75) is 45.1 Å². The second-order valence-corrected chi connectivity index (χ2v) is 10.1. The number of hydrogen-bond acceptors (Lipinski definition) is 4. The summed E-state index contributed by atoms with van der Waals surface area (Å²) in [5.41, 5.74) is 4.86. The molecule has 0 unspecified atom stereocenters. The molecular weight excluding hydrogens is 503 g/mol. The number of ketones is 1. The summed E-state index contributed by atoms with van der Waals surface area (Å²) in [4.78, 5) is 32.5. The number of hydrogen-bond donors (Lipinski definition) is 1. The third-order valence-corrected chi connectivity index (χ3v) is 7.36. The molecule has 0 atom stereocenters. The molecule has 5 rings (SSSR count). The minimum atomic E-state index is -0.351. The van der Waals surface area contributed by atoms with E-state index in [1.165, 1.54) is 24.3 Å². The number of anilines is 1. The number of nitrogens with one attached hydrogen (secondary N) is 1. The van der Waals surface area contributed by atoms with E-state index >= 15 is 0 Å². The standard InChI is InChI=1S/C30H30ClFN4O2/c1-2-26-29(36-19-22(31)8-14-28(36)34-26)27(37)13-5-20-3-11-25(12-4-20)35-17-15-24(16-18-35)33-30(38)21-6-9-23(32)10-7-21/h3-4,6-12,14,19,24H,2,5,13,15-18H2,1H3,(H,33,38). The van der Waals surface area contributed by atoms with E-state index in [0.717, 1.165) is 48.5 Å². The quantitative estimate of drug-likeness (QED) is 0.287. The Labute approximate surface area is 226 Å². The Kier molecular flexibility index (Phi) is 7.74. The number of pyridine rings is 1. The average molecular weight is 533 g/mol. The lowest BCUT2D eigenvalue weighted by Gasteiger charge is -2.34. The van der Waals surface area contributed by atoms with Crippen LogP contribution >= 0.6 is 11.6 Å². The zero-order valence-electron chi connectivity index (χ0n) is 21.3. The van der Waals surface area contributed by atoms with Crippen molar-refractivity contribution in [2.75, 3.05) is 18.0 Å². The van der Waals surface area contributed by atoms with Gasteiger partial charge in [-0.05, 0) is 79.8 Å². The van der Waals surface area contributed by atoms with Crippen LogP contribution < -0.4 is 10.2 Å². The van der Waals surface area contributed by atoms with Crippen molar-refractivity contribution in [3.8, 4) is 0 Å². The summed E-state index contributed by atoms with van der Waals surface area (Å²) in [6.45, 7) is 3.67. The van der Waals surface area contributed by atoms with Crippen LogP contribution in [-0.2, 0) is 12.8 Å². The first kappa shape index (κ1) is 25.9. The largest absolute Gasteiger partial charge is 0.371 e. The van der Waals surface area contributed by atoms with Gasteiger partial charge < -0.3 is 10.2 Å². The van der Waals surface area contributed by atoms with Gasteiger partial charge in [0.25, 0.3) is 5.91 Å². The number of halogens is 2. The highest BCUT2D eigenvalue weighted by Gasteiger charge is 2.22. The van der Waals surface area contributed by atoms with E-state index in [2.05, 4.69) is 39.5 Å². The highest BCUT2D eigenvalue weighted by molar-refractivity contribution is 6.30. The van der Waals surface area contributed by atoms with Crippen LogP contribution in [0.5, 0.6) is 0 Å². The van der Waals surface area contributed by atoms with Gasteiger partial charge in [0.15, 0.2) is 5.78 Å². The van der Waals surface area contributed by atoms with Gasteiger partial charge in [-0.25, -0.2) is 9.37 Å². The molecule has 196 valence electrons. The molecule has 4 aromatic rings. The number of carbonyl (C=O) groups excluding carboxylic acids is 2. The second-order valence-electron chi connectivity index (χ2n) is 9.67. The van der Waals surface area contributed by atoms with E-state index < -0.39 is 0 Å². The molecule has 1 N–H and O–H groups in total. The Hall–Kier alpha value is -3.71. The maximum atomic E-state index is 13.2. The lowest BCUT2D eigenvalue weighted by Crippen LogP contribution is -2.44. The van der Waals surface area contributed by atoms with Gasteiger partial charge in [0.05, 0.1) is 10.7 Å². The van der Waals surface area contributed by atoms with Gasteiger partial charge in [-0.15, -0.1) is 0 Å². The molecule has 2 aromatic heterocycles. The van der Waals surface area contributed by atoms with E-state index in [0.29, 0.717) is 35.5 Å². The monoisotopic (exact) mass is 532 g/mol. The fraction of sp³-hybridized carbons (Fsp3) is 0.300. The number of benzene rings is 2. The lowest BCUT2D eigenvalue weighted by atomic mass is 10.0. The van der Waals surface area contributed by atoms with Gasteiger partial charge >= 0.3 is 0 Å². The Bertz CT molecular complexity index is 1440. The number of piperidine rings is 1. The van der Waals surface area contributed by atoms with Gasteiger partial charge in [-0.3, -0.25) is 14.0 Å². The average Bonchev–Trinajstić information content (AvgIpc) is 3.30. The van der Waals surface area contributed by atoms with Gasteiger partial charge in [-0.1, -0.05) is 30.7 Å². The number of amides is 1. The van der Waals surface area contributed by atoms with E-state index in [-0.39, 0.29) is 23.5 Å². The number of aryl methyl sites for hydroxylation is 2. The summed E-state index contributed by atoms with van der Waals surface area (Å²) in [6, 6.07) is 17.7. The molecule has 3 heterocycles. The minimum Gasteiger partial charge on any atom is -0.371 e. The minimum absolute atomic E-state index is 0.0606. The number of rotatable bonds is 8. The predicted molar refractivity (Wildman–Crippen MR) is 148 cm³/mol. The fourth-order valence-electron chi connectivity index (χ4n) is 5.01. The summed E-state index contributed by atoms with van der Waals surface area (Å²) in [7, 11) is 0. The molecule has 1 aliphatic rings. The van der Waals surface area contributed by atoms with Crippen LogP contribution in [-0.4, -0.2) is 40.2 Å². The molecule has 0 saturated carbocycles. The number of fused-ring (bicyclic) bond motifs is 1. The molecule has 0 aliphatic carbocycles. The molecule has 2 aromatic carbocycles. The molecule has 1 aliphatic heterocycles. The Morgan fingerprint density at radius 1 is 1.03 bits per heavy atom. The van der Waals surface area contributed by atoms with Gasteiger partial charge in [0.1, 0.15) is 17.2 Å². The number of carbonyl (C=O) groups is 2. The van der Waals surface area contributed by atoms with Crippen LogP contribution in [0, 0.1) is 5.82 Å². The molecule has 38 heavy (non-hydrogen) atoms. The first-order valence-corrected chi connectivity index (χ1v) is 13.4. The lowest BCUT2D eigenvalue weighted by molar-refractivity contribution is 0.0929. The first-order valence-electron chi connectivity index (χ1n) is 13.0. The number of aromatic nitrogens is 2. The van der Waals surface area contributed by atoms with Crippen LogP contribution in [0.4, 0.5) is 10.1 Å². The molecule has 1 fully saturated rings. The van der Waals surface area contributed by atoms with Gasteiger partial charge in [-0.2, -0.15) is 0 Å². The van der Waals surface area contributed by atoms with Crippen molar-refractivity contribution in [1.82, 2.24) is 14.7 Å². The van der Waals surface area contributed by atoms with Crippen LogP contribution in [0.15, 0.2) is 66.9 Å². The Balaban J connectivity index is 1.14. The number of Topliss-reactive ketones (excluding diaryl/α,β-unsaturated/α-hetero) is 1. The van der Waals surface area contributed by atoms with Crippen LogP contribution in [0.2, 0.25) is 5.02 Å². The smallest absolute Gasteiger partial charge is 0.251 e. The molecule has 1 amide bonds. The maximum absolute atomic E-state index is 13.2. The Morgan fingerprint density at radius 3 is 2.42 bits per heavy atom. The molecule has 0 spiro atoms. The highest BCUT2D eigenvalue weighted by Crippen LogP contribution is 2.23. The SMILES string of the molecule is CCc1nc2ccc(Cl)cn2c1C(=O)CCc1ccc(N2CCC(NC(=O)c3ccc(F)cc3)CC2)cc1. The third-order valence-electron chi connectivity index (χ3n) is 7.13. The number of imidazole rings is 1. The molecule has 0 bridgehead atoms. The summed E-state index contributed by atoms with van der Waals surface area (Å²) in [5, 5.41) is 3.63. The second kappa shape index (κ2) is 11.4. The zero-order chi connectivity index (χ0) is 26.6. The van der Waals surface area contributed by atoms with Crippen molar-refractivity contribution < 1.29 is 14.0 Å². The zero-order valence-corrected chi connectivity index (χ0v) is 22.0. The molecular formula is C30H30ClFN4O2. The summed E-state index contributed by atoms with van der Waals surface area (Å²) < 4.78 is 14.9. The summed E-state index contributed by atoms with van der Waals surface area (Å²) in [6.07, 6.45) is 5.15. The van der Waals surface area contributed by atoms with Crippen molar-refractivity contribution in [2.24, 2.45) is 0 Å². The predicted octanol–water partition coefficient (Wildman–Crippen LogP) is 5.90. The van der Waals surface area contributed by atoms with E-state index in [1.54, 1.807) is 16.7 Å². The molecule has 1 saturated heterocycles. The van der Waals surface area contributed by atoms with Crippen LogP contribution in [0.25, 0.3) is 5.65 Å². The van der Waals surface area contributed by atoms with E-state index in [4.69, 9.17) is 11.6 Å². The topological polar surface area (TPSA) is 66.7 Å². The molecule has 0 radical (unpaired) electrons. The maximum Gasteiger partial charge on any atom is 0.251 e. The third kappa shape index (κ3) is 5.73. The fourth-order valence-corrected chi connectivity index (χ4v) is 5.17. The highest BCUT2D eigenvalue weighted by atomic mass is 35.5. The van der Waals surface area contributed by atoms with Crippen molar-refractivity contribution in [3.63, 3.8) is 0 Å². The summed E-state index contributed by atoms with van der Waals surface area (Å²) in [5.74, 6) is -0.457. The number of nitrogens with zero attached hydrogens (tertiary/aromatic N) is 3. The van der Waals surface area contributed by atoms with Crippen LogP contribution in [0.1, 0.15) is 58.3 Å². The molecule has 8 heteroatoms. The van der Waals surface area contributed by atoms with E-state index in [9.17, 15) is 14.0 Å². The normalized spacial score (nSPS) is 14.1. The van der Waals surface area contributed by atoms with Crippen molar-refractivity contribution in [3.05, 3.63) is 100 Å². The van der Waals surface area contributed by atoms with Crippen LogP contribution in [0.3, 0.4) is 0 Å².